The van der Waals surface area contributed by atoms with Crippen LogP contribution in [0.4, 0.5) is 11.4 Å². The fraction of sp³-hybridized carbons (Fsp3) is 0.462. The Kier molecular flexibility index (Phi) is 2.51. The summed E-state index contributed by atoms with van der Waals surface area (Å²) < 4.78 is 0. The summed E-state index contributed by atoms with van der Waals surface area (Å²) in [7, 11) is 0. The number of hydrogen-bond donors (Lipinski definition) is 1. The van der Waals surface area contributed by atoms with Crippen LogP contribution >= 0.6 is 11.6 Å². The lowest BCUT2D eigenvalue weighted by molar-refractivity contribution is -0.118. The van der Waals surface area contributed by atoms with Crippen molar-refractivity contribution in [1.82, 2.24) is 0 Å². The van der Waals surface area contributed by atoms with Crippen molar-refractivity contribution in [3.63, 3.8) is 0 Å². The lowest BCUT2D eigenvalue weighted by Crippen LogP contribution is -2.52. The first-order valence-corrected chi connectivity index (χ1v) is 6.40. The van der Waals surface area contributed by atoms with Crippen molar-refractivity contribution in [2.45, 2.75) is 25.8 Å². The van der Waals surface area contributed by atoms with Crippen molar-refractivity contribution in [3.8, 4) is 0 Å². The Labute approximate surface area is 106 Å². The Morgan fingerprint density at radius 3 is 3.12 bits per heavy atom. The number of rotatable bonds is 0. The molecule has 3 rings (SSSR count). The maximum absolute atomic E-state index is 12.0. The van der Waals surface area contributed by atoms with Gasteiger partial charge in [-0.15, -0.1) is 0 Å². The predicted molar refractivity (Wildman–Crippen MR) is 69.6 cm³/mol. The van der Waals surface area contributed by atoms with E-state index in [9.17, 15) is 4.79 Å². The van der Waals surface area contributed by atoms with Crippen molar-refractivity contribution in [1.29, 1.82) is 0 Å². The molecule has 90 valence electrons. The first-order valence-electron chi connectivity index (χ1n) is 6.02. The first kappa shape index (κ1) is 10.9. The summed E-state index contributed by atoms with van der Waals surface area (Å²) in [5.41, 5.74) is 1.94. The van der Waals surface area contributed by atoms with E-state index in [1.807, 2.05) is 18.2 Å². The summed E-state index contributed by atoms with van der Waals surface area (Å²) in [6.45, 7) is 3.14. The van der Waals surface area contributed by atoms with Crippen LogP contribution in [0.1, 0.15) is 19.8 Å². The van der Waals surface area contributed by atoms with E-state index in [0.717, 1.165) is 35.8 Å². The topological polar surface area (TPSA) is 32.3 Å². The highest BCUT2D eigenvalue weighted by Gasteiger charge is 2.36. The molecule has 0 bridgehead atoms. The third-order valence-electron chi connectivity index (χ3n) is 3.69. The van der Waals surface area contributed by atoms with Gasteiger partial charge in [-0.25, -0.2) is 0 Å². The van der Waals surface area contributed by atoms with Crippen molar-refractivity contribution < 1.29 is 4.79 Å². The molecule has 0 aromatic heterocycles. The molecule has 1 amide bonds. The normalized spacial score (nSPS) is 27.2. The van der Waals surface area contributed by atoms with Crippen LogP contribution in [0, 0.1) is 5.92 Å². The predicted octanol–water partition coefficient (Wildman–Crippen LogP) is 2.90. The van der Waals surface area contributed by atoms with Crippen LogP contribution in [-0.4, -0.2) is 18.5 Å². The van der Waals surface area contributed by atoms with Crippen LogP contribution in [0.15, 0.2) is 18.2 Å². The number of hydrogen-bond acceptors (Lipinski definition) is 2. The fourth-order valence-electron chi connectivity index (χ4n) is 2.74. The number of carbonyl (C=O) groups excluding carboxylic acids is 1. The Morgan fingerprint density at radius 1 is 1.47 bits per heavy atom. The smallest absolute Gasteiger partial charge is 0.247 e. The van der Waals surface area contributed by atoms with Crippen LogP contribution in [0.5, 0.6) is 0 Å². The second kappa shape index (κ2) is 3.91. The Hall–Kier alpha value is -1.22. The molecule has 0 aliphatic carbocycles. The van der Waals surface area contributed by atoms with Crippen LogP contribution < -0.4 is 10.2 Å². The molecule has 3 nitrogen and oxygen atoms in total. The van der Waals surface area contributed by atoms with Gasteiger partial charge in [0, 0.05) is 11.6 Å². The minimum absolute atomic E-state index is 0.0234. The molecule has 0 radical (unpaired) electrons. The maximum Gasteiger partial charge on any atom is 0.247 e. The van der Waals surface area contributed by atoms with E-state index in [1.54, 1.807) is 0 Å². The monoisotopic (exact) mass is 250 g/mol. The Morgan fingerprint density at radius 2 is 2.29 bits per heavy atom. The third kappa shape index (κ3) is 1.78. The molecule has 2 atom stereocenters. The molecule has 1 aromatic rings. The molecule has 1 fully saturated rings. The lowest BCUT2D eigenvalue weighted by Gasteiger charge is -2.43. The quantitative estimate of drug-likeness (QED) is 0.768. The van der Waals surface area contributed by atoms with Crippen LogP contribution in [-0.2, 0) is 4.79 Å². The van der Waals surface area contributed by atoms with Gasteiger partial charge >= 0.3 is 0 Å². The number of nitrogens with one attached hydrogen (secondary N) is 1. The molecule has 4 heteroatoms. The number of benzene rings is 1. The van der Waals surface area contributed by atoms with Gasteiger partial charge in [-0.05, 0) is 37.0 Å². The zero-order chi connectivity index (χ0) is 12.0. The standard InChI is InChI=1S/C13H15ClN2O/c1-8-4-5-16-11-7-9(14)2-3-10(11)15-13(17)12(16)6-8/h2-3,7-8,12H,4-6H2,1H3,(H,15,17). The van der Waals surface area contributed by atoms with E-state index in [-0.39, 0.29) is 11.9 Å². The largest absolute Gasteiger partial charge is 0.358 e. The van der Waals surface area contributed by atoms with Gasteiger partial charge in [-0.3, -0.25) is 4.79 Å². The zero-order valence-electron chi connectivity index (χ0n) is 9.74. The van der Waals surface area contributed by atoms with Crippen molar-refractivity contribution in [3.05, 3.63) is 23.2 Å². The SMILES string of the molecule is CC1CCN2c3cc(Cl)ccc3NC(=O)C2C1. The molecule has 2 aliphatic heterocycles. The maximum atomic E-state index is 12.0. The van der Waals surface area contributed by atoms with E-state index in [1.165, 1.54) is 0 Å². The molecule has 0 saturated carbocycles. The number of anilines is 2. The van der Waals surface area contributed by atoms with Gasteiger partial charge in [0.25, 0.3) is 0 Å². The number of nitrogens with zero attached hydrogens (tertiary/aromatic N) is 1. The van der Waals surface area contributed by atoms with Crippen molar-refractivity contribution in [2.24, 2.45) is 5.92 Å². The fourth-order valence-corrected chi connectivity index (χ4v) is 2.91. The van der Waals surface area contributed by atoms with Gasteiger partial charge in [0.05, 0.1) is 11.4 Å². The van der Waals surface area contributed by atoms with Gasteiger partial charge < -0.3 is 10.2 Å². The van der Waals surface area contributed by atoms with E-state index >= 15 is 0 Å². The number of piperidine rings is 1. The molecule has 2 aliphatic rings. The lowest BCUT2D eigenvalue weighted by atomic mass is 9.90. The highest BCUT2D eigenvalue weighted by atomic mass is 35.5. The number of fused-ring (bicyclic) bond motifs is 3. The van der Waals surface area contributed by atoms with Gasteiger partial charge in [-0.1, -0.05) is 18.5 Å². The molecule has 1 aromatic carbocycles. The van der Waals surface area contributed by atoms with E-state index in [2.05, 4.69) is 17.1 Å². The van der Waals surface area contributed by atoms with Gasteiger partial charge in [0.15, 0.2) is 0 Å². The minimum atomic E-state index is -0.0234. The van der Waals surface area contributed by atoms with Crippen molar-refractivity contribution in [2.75, 3.05) is 16.8 Å². The second-order valence-electron chi connectivity index (χ2n) is 4.99. The van der Waals surface area contributed by atoms with E-state index < -0.39 is 0 Å². The molecule has 1 N–H and O–H groups in total. The summed E-state index contributed by atoms with van der Waals surface area (Å²) in [5.74, 6) is 0.731. The second-order valence-corrected chi connectivity index (χ2v) is 5.43. The van der Waals surface area contributed by atoms with Crippen LogP contribution in [0.3, 0.4) is 0 Å². The summed E-state index contributed by atoms with van der Waals surface area (Å²) >= 11 is 6.03. The van der Waals surface area contributed by atoms with Crippen LogP contribution in [0.25, 0.3) is 0 Å². The van der Waals surface area contributed by atoms with Crippen molar-refractivity contribution >= 4 is 28.9 Å². The number of carbonyl (C=O) groups is 1. The van der Waals surface area contributed by atoms with Gasteiger partial charge in [-0.2, -0.15) is 0 Å². The van der Waals surface area contributed by atoms with Crippen LogP contribution in [0.2, 0.25) is 5.02 Å². The minimum Gasteiger partial charge on any atom is -0.358 e. The summed E-state index contributed by atoms with van der Waals surface area (Å²) in [4.78, 5) is 14.2. The Balaban J connectivity index is 2.03. The summed E-state index contributed by atoms with van der Waals surface area (Å²) in [6.07, 6.45) is 2.06. The van der Waals surface area contributed by atoms with Gasteiger partial charge in [0.1, 0.15) is 6.04 Å². The van der Waals surface area contributed by atoms with E-state index in [4.69, 9.17) is 11.6 Å². The molecular formula is C13H15ClN2O. The van der Waals surface area contributed by atoms with Gasteiger partial charge in [0.2, 0.25) is 5.91 Å². The van der Waals surface area contributed by atoms with E-state index in [0.29, 0.717) is 5.92 Å². The molecule has 2 unspecified atom stereocenters. The molecule has 0 spiro atoms. The highest BCUT2D eigenvalue weighted by Crippen LogP contribution is 2.38. The molecular weight excluding hydrogens is 236 g/mol. The molecule has 17 heavy (non-hydrogen) atoms. The average Bonchev–Trinajstić information content (AvgIpc) is 2.30. The number of amides is 1. The number of halogens is 1. The molecule has 1 saturated heterocycles. The highest BCUT2D eigenvalue weighted by molar-refractivity contribution is 6.31. The zero-order valence-corrected chi connectivity index (χ0v) is 10.5. The average molecular weight is 251 g/mol. The molecule has 2 heterocycles. The Bertz CT molecular complexity index is 474. The third-order valence-corrected chi connectivity index (χ3v) is 3.93. The summed E-state index contributed by atoms with van der Waals surface area (Å²) in [5, 5.41) is 3.69. The summed E-state index contributed by atoms with van der Waals surface area (Å²) in [6, 6.07) is 5.61. The first-order chi connectivity index (χ1) is 8.15.